The van der Waals surface area contributed by atoms with E-state index >= 15 is 0 Å². The topological polar surface area (TPSA) is 91.9 Å². The van der Waals surface area contributed by atoms with Gasteiger partial charge in [-0.2, -0.15) is 0 Å². The quantitative estimate of drug-likeness (QED) is 0.420. The molecule has 2 aromatic carbocycles. The Morgan fingerprint density at radius 1 is 1.12 bits per heavy atom. The molecule has 0 aliphatic carbocycles. The Morgan fingerprint density at radius 3 is 2.56 bits per heavy atom. The van der Waals surface area contributed by atoms with E-state index in [2.05, 4.69) is 22.0 Å². The first-order valence-corrected chi connectivity index (χ1v) is 10.8. The lowest BCUT2D eigenvalue weighted by atomic mass is 10.1. The second-order valence-electron chi connectivity index (χ2n) is 7.48. The van der Waals surface area contributed by atoms with Gasteiger partial charge in [-0.15, -0.1) is 0 Å². The third kappa shape index (κ3) is 4.61. The fourth-order valence-electron chi connectivity index (χ4n) is 3.78. The van der Waals surface area contributed by atoms with Crippen LogP contribution < -0.4 is 10.2 Å². The second kappa shape index (κ2) is 9.42. The summed E-state index contributed by atoms with van der Waals surface area (Å²) in [5.74, 6) is -0.161. The number of hydrogen-bond acceptors (Lipinski definition) is 6. The first kappa shape index (κ1) is 21.9. The molecule has 4 rings (SSSR count). The van der Waals surface area contributed by atoms with Crippen molar-refractivity contribution in [1.29, 1.82) is 0 Å². The Bertz CT molecular complexity index is 1140. The van der Waals surface area contributed by atoms with Gasteiger partial charge in [0, 0.05) is 37.9 Å². The molecule has 1 aliphatic rings. The number of benzene rings is 2. The average molecular weight is 455 g/mol. The van der Waals surface area contributed by atoms with Crippen LogP contribution in [-0.4, -0.2) is 48.5 Å². The molecule has 2 heterocycles. The van der Waals surface area contributed by atoms with E-state index in [-0.39, 0.29) is 17.2 Å². The van der Waals surface area contributed by atoms with Gasteiger partial charge in [-0.25, -0.2) is 0 Å². The number of nitrogens with zero attached hydrogens (tertiary/aromatic N) is 3. The van der Waals surface area contributed by atoms with Gasteiger partial charge in [-0.3, -0.25) is 14.9 Å². The standard InChI is InChI=1S/C23H23ClN4O4/c1-2-26-11-13-27(14-12-26)20-8-7-16(15-18(20)24)25-23(29)22-10-9-21(32-22)17-5-3-4-6-19(17)28(30)31/h3-10,15H,2,11-14H2,1H3,(H,25,29). The molecule has 3 aromatic rings. The number of carbonyl (C=O) groups excluding carboxylic acids is 1. The Kier molecular flexibility index (Phi) is 6.43. The van der Waals surface area contributed by atoms with Gasteiger partial charge in [-0.05, 0) is 42.9 Å². The van der Waals surface area contributed by atoms with Crippen molar-refractivity contribution >= 4 is 34.6 Å². The van der Waals surface area contributed by atoms with Gasteiger partial charge < -0.3 is 19.5 Å². The summed E-state index contributed by atoms with van der Waals surface area (Å²) in [6.45, 7) is 6.99. The molecule has 166 valence electrons. The molecule has 1 amide bonds. The Labute approximate surface area is 190 Å². The number of rotatable bonds is 6. The Hall–Kier alpha value is -3.36. The van der Waals surface area contributed by atoms with Crippen LogP contribution in [0.15, 0.2) is 59.0 Å². The molecule has 32 heavy (non-hydrogen) atoms. The highest BCUT2D eigenvalue weighted by atomic mass is 35.5. The van der Waals surface area contributed by atoms with Crippen LogP contribution in [0, 0.1) is 10.1 Å². The molecule has 8 nitrogen and oxygen atoms in total. The van der Waals surface area contributed by atoms with E-state index in [0.717, 1.165) is 38.4 Å². The van der Waals surface area contributed by atoms with Crippen molar-refractivity contribution in [2.45, 2.75) is 6.92 Å². The monoisotopic (exact) mass is 454 g/mol. The zero-order chi connectivity index (χ0) is 22.7. The van der Waals surface area contributed by atoms with Crippen LogP contribution >= 0.6 is 11.6 Å². The molecular formula is C23H23ClN4O4. The molecular weight excluding hydrogens is 432 g/mol. The van der Waals surface area contributed by atoms with Crippen LogP contribution in [0.4, 0.5) is 17.1 Å². The summed E-state index contributed by atoms with van der Waals surface area (Å²) in [6.07, 6.45) is 0. The number of furan rings is 1. The van der Waals surface area contributed by atoms with Crippen LogP contribution in [0.1, 0.15) is 17.5 Å². The van der Waals surface area contributed by atoms with E-state index in [1.165, 1.54) is 12.1 Å². The van der Waals surface area contributed by atoms with E-state index in [1.54, 1.807) is 36.4 Å². The van der Waals surface area contributed by atoms with Crippen LogP contribution in [0.3, 0.4) is 0 Å². The maximum atomic E-state index is 12.6. The van der Waals surface area contributed by atoms with Crippen LogP contribution in [0.5, 0.6) is 0 Å². The molecule has 0 unspecified atom stereocenters. The number of nitro groups is 1. The maximum absolute atomic E-state index is 12.6. The van der Waals surface area contributed by atoms with Crippen molar-refractivity contribution in [1.82, 2.24) is 4.90 Å². The van der Waals surface area contributed by atoms with Crippen molar-refractivity contribution in [2.24, 2.45) is 0 Å². The van der Waals surface area contributed by atoms with E-state index in [0.29, 0.717) is 16.3 Å². The van der Waals surface area contributed by atoms with Gasteiger partial charge in [0.1, 0.15) is 5.76 Å². The minimum Gasteiger partial charge on any atom is -0.451 e. The normalized spacial score (nSPS) is 14.4. The lowest BCUT2D eigenvalue weighted by Crippen LogP contribution is -2.46. The number of nitrogens with one attached hydrogen (secondary N) is 1. The number of para-hydroxylation sites is 1. The number of anilines is 2. The van der Waals surface area contributed by atoms with Gasteiger partial charge in [0.15, 0.2) is 5.76 Å². The highest BCUT2D eigenvalue weighted by molar-refractivity contribution is 6.33. The zero-order valence-electron chi connectivity index (χ0n) is 17.6. The number of carbonyl (C=O) groups is 1. The predicted molar refractivity (Wildman–Crippen MR) is 125 cm³/mol. The first-order chi connectivity index (χ1) is 15.5. The Balaban J connectivity index is 1.46. The first-order valence-electron chi connectivity index (χ1n) is 10.4. The summed E-state index contributed by atoms with van der Waals surface area (Å²) in [7, 11) is 0. The van der Waals surface area contributed by atoms with Gasteiger partial charge >= 0.3 is 0 Å². The highest BCUT2D eigenvalue weighted by Gasteiger charge is 2.21. The van der Waals surface area contributed by atoms with Gasteiger partial charge in [0.2, 0.25) is 0 Å². The third-order valence-corrected chi connectivity index (χ3v) is 5.86. The van der Waals surface area contributed by atoms with Crippen molar-refractivity contribution < 1.29 is 14.1 Å². The van der Waals surface area contributed by atoms with E-state index in [1.807, 2.05) is 6.07 Å². The van der Waals surface area contributed by atoms with E-state index in [9.17, 15) is 14.9 Å². The Morgan fingerprint density at radius 2 is 1.88 bits per heavy atom. The second-order valence-corrected chi connectivity index (χ2v) is 7.89. The average Bonchev–Trinajstić information content (AvgIpc) is 3.30. The molecule has 1 aromatic heterocycles. The number of piperazine rings is 1. The van der Waals surface area contributed by atoms with Crippen molar-refractivity contribution in [2.75, 3.05) is 42.9 Å². The summed E-state index contributed by atoms with van der Waals surface area (Å²) in [6, 6.07) is 14.7. The summed E-state index contributed by atoms with van der Waals surface area (Å²) < 4.78 is 5.60. The fourth-order valence-corrected chi connectivity index (χ4v) is 4.08. The van der Waals surface area contributed by atoms with E-state index < -0.39 is 10.8 Å². The molecule has 0 saturated carbocycles. The maximum Gasteiger partial charge on any atom is 0.291 e. The smallest absolute Gasteiger partial charge is 0.291 e. The lowest BCUT2D eigenvalue weighted by Gasteiger charge is -2.36. The molecule has 1 saturated heterocycles. The summed E-state index contributed by atoms with van der Waals surface area (Å²) in [5, 5.41) is 14.6. The molecule has 0 bridgehead atoms. The third-order valence-electron chi connectivity index (χ3n) is 5.56. The van der Waals surface area contributed by atoms with Crippen molar-refractivity contribution in [3.63, 3.8) is 0 Å². The van der Waals surface area contributed by atoms with Crippen LogP contribution in [-0.2, 0) is 0 Å². The number of halogens is 1. The molecule has 1 aliphatic heterocycles. The predicted octanol–water partition coefficient (Wildman–Crippen LogP) is 4.90. The zero-order valence-corrected chi connectivity index (χ0v) is 18.3. The van der Waals surface area contributed by atoms with Crippen LogP contribution in [0.2, 0.25) is 5.02 Å². The minimum absolute atomic E-state index is 0.0500. The SMILES string of the molecule is CCN1CCN(c2ccc(NC(=O)c3ccc(-c4ccccc4[N+](=O)[O-])o3)cc2Cl)CC1. The molecule has 9 heteroatoms. The number of hydrogen-bond donors (Lipinski definition) is 1. The van der Waals surface area contributed by atoms with Gasteiger partial charge in [0.05, 0.1) is 21.2 Å². The highest BCUT2D eigenvalue weighted by Crippen LogP contribution is 2.32. The summed E-state index contributed by atoms with van der Waals surface area (Å²) in [4.78, 5) is 28.0. The van der Waals surface area contributed by atoms with E-state index in [4.69, 9.17) is 16.0 Å². The molecule has 0 atom stereocenters. The summed E-state index contributed by atoms with van der Waals surface area (Å²) in [5.41, 5.74) is 1.71. The van der Waals surface area contributed by atoms with Crippen molar-refractivity contribution in [3.05, 3.63) is 75.5 Å². The number of nitro benzene ring substituents is 1. The summed E-state index contributed by atoms with van der Waals surface area (Å²) >= 11 is 6.50. The largest absolute Gasteiger partial charge is 0.451 e. The number of likely N-dealkylation sites (N-methyl/N-ethyl adjacent to an activating group) is 1. The number of amides is 1. The van der Waals surface area contributed by atoms with Gasteiger partial charge in [0.25, 0.3) is 11.6 Å². The lowest BCUT2D eigenvalue weighted by molar-refractivity contribution is -0.384. The fraction of sp³-hybridized carbons (Fsp3) is 0.261. The molecule has 0 radical (unpaired) electrons. The van der Waals surface area contributed by atoms with Gasteiger partial charge in [-0.1, -0.05) is 30.7 Å². The van der Waals surface area contributed by atoms with Crippen LogP contribution in [0.25, 0.3) is 11.3 Å². The molecule has 1 fully saturated rings. The van der Waals surface area contributed by atoms with Crippen molar-refractivity contribution in [3.8, 4) is 11.3 Å². The minimum atomic E-state index is -0.483. The molecule has 0 spiro atoms. The molecule has 1 N–H and O–H groups in total.